The molecule has 0 amide bonds. The standard InChI is InChI=1S/C11H16N4/c1-3-4-8(12)11-14-9-7-13-6-5-10(9)15(11)2/h5-8H,3-4,12H2,1-2H3. The lowest BCUT2D eigenvalue weighted by Gasteiger charge is -2.09. The smallest absolute Gasteiger partial charge is 0.126 e. The van der Waals surface area contributed by atoms with Crippen LogP contribution in [0.2, 0.25) is 0 Å². The molecule has 2 aromatic rings. The Morgan fingerprint density at radius 2 is 2.33 bits per heavy atom. The van der Waals surface area contributed by atoms with Crippen LogP contribution in [0, 0.1) is 0 Å². The minimum absolute atomic E-state index is 0.0207. The van der Waals surface area contributed by atoms with Crippen LogP contribution >= 0.6 is 0 Å². The average Bonchev–Trinajstić information content (AvgIpc) is 2.57. The maximum absolute atomic E-state index is 6.07. The Balaban J connectivity index is 2.48. The summed E-state index contributed by atoms with van der Waals surface area (Å²) in [5.74, 6) is 0.944. The zero-order valence-corrected chi connectivity index (χ0v) is 9.14. The summed E-state index contributed by atoms with van der Waals surface area (Å²) < 4.78 is 2.05. The number of aryl methyl sites for hydroxylation is 1. The van der Waals surface area contributed by atoms with E-state index in [-0.39, 0.29) is 6.04 Å². The Labute approximate surface area is 89.1 Å². The van der Waals surface area contributed by atoms with Crippen LogP contribution in [0.15, 0.2) is 18.5 Å². The first kappa shape index (κ1) is 10.1. The molecule has 0 saturated heterocycles. The number of rotatable bonds is 3. The Bertz CT molecular complexity index is 461. The second kappa shape index (κ2) is 3.98. The number of nitrogens with two attached hydrogens (primary N) is 1. The predicted molar refractivity (Wildman–Crippen MR) is 60.3 cm³/mol. The molecule has 0 radical (unpaired) electrons. The highest BCUT2D eigenvalue weighted by atomic mass is 15.1. The maximum Gasteiger partial charge on any atom is 0.126 e. The highest BCUT2D eigenvalue weighted by Gasteiger charge is 2.13. The molecular weight excluding hydrogens is 188 g/mol. The molecule has 2 rings (SSSR count). The first-order valence-electron chi connectivity index (χ1n) is 5.26. The van der Waals surface area contributed by atoms with Crippen LogP contribution in [-0.2, 0) is 7.05 Å². The fourth-order valence-corrected chi connectivity index (χ4v) is 1.84. The molecule has 0 aliphatic heterocycles. The van der Waals surface area contributed by atoms with E-state index in [1.165, 1.54) is 0 Å². The van der Waals surface area contributed by atoms with Gasteiger partial charge in [0.1, 0.15) is 11.3 Å². The van der Waals surface area contributed by atoms with Gasteiger partial charge in [0.2, 0.25) is 0 Å². The molecule has 80 valence electrons. The summed E-state index contributed by atoms with van der Waals surface area (Å²) in [7, 11) is 2.00. The van der Waals surface area contributed by atoms with Gasteiger partial charge >= 0.3 is 0 Å². The molecule has 2 heterocycles. The Hall–Kier alpha value is -1.42. The topological polar surface area (TPSA) is 56.7 Å². The van der Waals surface area contributed by atoms with E-state index in [0.29, 0.717) is 0 Å². The van der Waals surface area contributed by atoms with Crippen LogP contribution in [0.3, 0.4) is 0 Å². The second-order valence-electron chi connectivity index (χ2n) is 3.79. The molecule has 0 fully saturated rings. The first-order valence-corrected chi connectivity index (χ1v) is 5.26. The molecule has 0 aliphatic carbocycles. The van der Waals surface area contributed by atoms with Crippen molar-refractivity contribution in [3.8, 4) is 0 Å². The summed E-state index contributed by atoms with van der Waals surface area (Å²) in [6, 6.07) is 1.98. The number of imidazole rings is 1. The van der Waals surface area contributed by atoms with Gasteiger partial charge in [0.15, 0.2) is 0 Å². The number of hydrogen-bond acceptors (Lipinski definition) is 3. The quantitative estimate of drug-likeness (QED) is 0.829. The van der Waals surface area contributed by atoms with Gasteiger partial charge in [0.25, 0.3) is 0 Å². The molecule has 0 aromatic carbocycles. The van der Waals surface area contributed by atoms with Crippen LogP contribution in [0.25, 0.3) is 11.0 Å². The van der Waals surface area contributed by atoms with E-state index in [1.54, 1.807) is 12.4 Å². The van der Waals surface area contributed by atoms with Gasteiger partial charge in [-0.15, -0.1) is 0 Å². The summed E-state index contributed by atoms with van der Waals surface area (Å²) >= 11 is 0. The molecule has 4 nitrogen and oxygen atoms in total. The van der Waals surface area contributed by atoms with Crippen molar-refractivity contribution in [3.63, 3.8) is 0 Å². The lowest BCUT2D eigenvalue weighted by atomic mass is 10.2. The monoisotopic (exact) mass is 204 g/mol. The predicted octanol–water partition coefficient (Wildman–Crippen LogP) is 1.77. The third kappa shape index (κ3) is 1.72. The van der Waals surface area contributed by atoms with Gasteiger partial charge in [-0.1, -0.05) is 13.3 Å². The highest BCUT2D eigenvalue weighted by Crippen LogP contribution is 2.19. The maximum atomic E-state index is 6.07. The van der Waals surface area contributed by atoms with E-state index >= 15 is 0 Å². The molecular formula is C11H16N4. The third-order valence-corrected chi connectivity index (χ3v) is 2.65. The van der Waals surface area contributed by atoms with Crippen molar-refractivity contribution >= 4 is 11.0 Å². The van der Waals surface area contributed by atoms with Crippen LogP contribution in [0.5, 0.6) is 0 Å². The molecule has 2 N–H and O–H groups in total. The summed E-state index contributed by atoms with van der Waals surface area (Å²) in [6.07, 6.45) is 5.59. The van der Waals surface area contributed by atoms with E-state index in [2.05, 4.69) is 21.5 Å². The van der Waals surface area contributed by atoms with Crippen LogP contribution in [0.4, 0.5) is 0 Å². The van der Waals surface area contributed by atoms with Gasteiger partial charge in [-0.3, -0.25) is 4.98 Å². The summed E-state index contributed by atoms with van der Waals surface area (Å²) in [5, 5.41) is 0. The van der Waals surface area contributed by atoms with Crippen molar-refractivity contribution in [2.45, 2.75) is 25.8 Å². The lowest BCUT2D eigenvalue weighted by molar-refractivity contribution is 0.584. The number of nitrogens with zero attached hydrogens (tertiary/aromatic N) is 3. The summed E-state index contributed by atoms with van der Waals surface area (Å²) in [4.78, 5) is 8.56. The molecule has 15 heavy (non-hydrogen) atoms. The van der Waals surface area contributed by atoms with Crippen LogP contribution in [-0.4, -0.2) is 14.5 Å². The molecule has 0 saturated carbocycles. The minimum Gasteiger partial charge on any atom is -0.330 e. The Morgan fingerprint density at radius 3 is 3.00 bits per heavy atom. The van der Waals surface area contributed by atoms with Crippen LogP contribution < -0.4 is 5.73 Å². The van der Waals surface area contributed by atoms with Crippen molar-refractivity contribution in [2.75, 3.05) is 0 Å². The number of fused-ring (bicyclic) bond motifs is 1. The molecule has 0 spiro atoms. The van der Waals surface area contributed by atoms with E-state index in [9.17, 15) is 0 Å². The molecule has 4 heteroatoms. The zero-order chi connectivity index (χ0) is 10.8. The van der Waals surface area contributed by atoms with E-state index in [4.69, 9.17) is 5.73 Å². The number of pyridine rings is 1. The molecule has 0 bridgehead atoms. The van der Waals surface area contributed by atoms with Gasteiger partial charge < -0.3 is 10.3 Å². The van der Waals surface area contributed by atoms with Crippen LogP contribution in [0.1, 0.15) is 31.6 Å². The average molecular weight is 204 g/mol. The van der Waals surface area contributed by atoms with Crippen molar-refractivity contribution in [3.05, 3.63) is 24.3 Å². The van der Waals surface area contributed by atoms with Crippen molar-refractivity contribution in [2.24, 2.45) is 12.8 Å². The first-order chi connectivity index (χ1) is 7.24. The largest absolute Gasteiger partial charge is 0.330 e. The van der Waals surface area contributed by atoms with Crippen molar-refractivity contribution in [1.82, 2.24) is 14.5 Å². The van der Waals surface area contributed by atoms with Gasteiger partial charge in [-0.25, -0.2) is 4.98 Å². The highest BCUT2D eigenvalue weighted by molar-refractivity contribution is 5.74. The van der Waals surface area contributed by atoms with Gasteiger partial charge in [0.05, 0.1) is 17.8 Å². The third-order valence-electron chi connectivity index (χ3n) is 2.65. The van der Waals surface area contributed by atoms with Gasteiger partial charge in [-0.05, 0) is 12.5 Å². The molecule has 1 atom stereocenters. The molecule has 0 aliphatic rings. The summed E-state index contributed by atoms with van der Waals surface area (Å²) in [5.41, 5.74) is 8.07. The lowest BCUT2D eigenvalue weighted by Crippen LogP contribution is -2.14. The van der Waals surface area contributed by atoms with Crippen molar-refractivity contribution in [1.29, 1.82) is 0 Å². The fourth-order valence-electron chi connectivity index (χ4n) is 1.84. The Morgan fingerprint density at radius 1 is 1.53 bits per heavy atom. The summed E-state index contributed by atoms with van der Waals surface area (Å²) in [6.45, 7) is 2.13. The number of hydrogen-bond donors (Lipinski definition) is 1. The normalized spacial score (nSPS) is 13.3. The van der Waals surface area contributed by atoms with Gasteiger partial charge in [-0.2, -0.15) is 0 Å². The molecule has 2 aromatic heterocycles. The van der Waals surface area contributed by atoms with Gasteiger partial charge in [0, 0.05) is 13.2 Å². The minimum atomic E-state index is 0.0207. The van der Waals surface area contributed by atoms with E-state index < -0.39 is 0 Å². The SMILES string of the molecule is CCCC(N)c1nc2cnccc2n1C. The van der Waals surface area contributed by atoms with E-state index in [0.717, 1.165) is 29.7 Å². The van der Waals surface area contributed by atoms with Crippen molar-refractivity contribution < 1.29 is 0 Å². The number of aromatic nitrogens is 3. The second-order valence-corrected chi connectivity index (χ2v) is 3.79. The Kier molecular flexibility index (Phi) is 2.68. The zero-order valence-electron chi connectivity index (χ0n) is 9.14. The fraction of sp³-hybridized carbons (Fsp3) is 0.455. The van der Waals surface area contributed by atoms with E-state index in [1.807, 2.05) is 13.1 Å². The molecule has 1 unspecified atom stereocenters.